The summed E-state index contributed by atoms with van der Waals surface area (Å²) in [5.41, 5.74) is 0. The van der Waals surface area contributed by atoms with Crippen molar-refractivity contribution < 1.29 is 13.9 Å². The molecule has 4 heteroatoms. The normalized spacial score (nSPS) is 20.4. The third-order valence-corrected chi connectivity index (χ3v) is 10.7. The van der Waals surface area contributed by atoms with Gasteiger partial charge < -0.3 is 13.9 Å². The van der Waals surface area contributed by atoms with E-state index in [0.29, 0.717) is 13.0 Å². The first-order valence-corrected chi connectivity index (χ1v) is 12.3. The van der Waals surface area contributed by atoms with Gasteiger partial charge in [-0.2, -0.15) is 0 Å². The fraction of sp³-hybridized carbons (Fsp3) is 0.440. The molecular weight excluding hydrogens is 376 g/mol. The number of benzene rings is 2. The molecule has 1 saturated heterocycles. The monoisotopic (exact) mass is 410 g/mol. The summed E-state index contributed by atoms with van der Waals surface area (Å²) in [6.45, 7) is 15.3. The third kappa shape index (κ3) is 4.56. The quantitative estimate of drug-likeness (QED) is 0.491. The lowest BCUT2D eigenvalue weighted by molar-refractivity contribution is -0.149. The van der Waals surface area contributed by atoms with Gasteiger partial charge in [0.2, 0.25) is 0 Å². The predicted octanol–water partition coefficient (Wildman–Crippen LogP) is 4.66. The zero-order valence-corrected chi connectivity index (χ0v) is 19.4. The van der Waals surface area contributed by atoms with E-state index in [1.807, 2.05) is 19.9 Å². The molecule has 1 aliphatic rings. The van der Waals surface area contributed by atoms with Crippen molar-refractivity contribution in [2.24, 2.45) is 0 Å². The third-order valence-electron chi connectivity index (χ3n) is 5.59. The van der Waals surface area contributed by atoms with Crippen LogP contribution in [0.4, 0.5) is 0 Å². The maximum atomic E-state index is 7.26. The number of rotatable bonds is 7. The number of hydrogen-bond donors (Lipinski definition) is 0. The molecule has 1 aliphatic heterocycles. The lowest BCUT2D eigenvalue weighted by Crippen LogP contribution is -2.68. The maximum absolute atomic E-state index is 7.26. The Kier molecular flexibility index (Phi) is 6.49. The molecule has 1 fully saturated rings. The molecule has 2 aromatic carbocycles. The highest BCUT2D eigenvalue weighted by molar-refractivity contribution is 6.99. The molecule has 0 amide bonds. The van der Waals surface area contributed by atoms with E-state index in [4.69, 9.17) is 13.9 Å². The smallest absolute Gasteiger partial charge is 0.261 e. The molecule has 1 heterocycles. The van der Waals surface area contributed by atoms with Gasteiger partial charge >= 0.3 is 0 Å². The fourth-order valence-corrected chi connectivity index (χ4v) is 8.97. The molecule has 29 heavy (non-hydrogen) atoms. The standard InChI is InChI=1S/C25H34O3Si/c1-7-14-22(23-19-26-25(5,6)27-23)28-29(24(2,3)4,20-15-10-8-11-16-20)21-17-12-9-13-18-21/h7-13,15-18,22-23H,1,14,19H2,2-6H3/t22?,23-/m1/s1. The van der Waals surface area contributed by atoms with Gasteiger partial charge in [0.25, 0.3) is 8.32 Å². The molecule has 1 unspecified atom stereocenters. The van der Waals surface area contributed by atoms with Crippen LogP contribution in [-0.2, 0) is 13.9 Å². The van der Waals surface area contributed by atoms with E-state index in [-0.39, 0.29) is 17.2 Å². The first-order chi connectivity index (χ1) is 13.7. The summed E-state index contributed by atoms with van der Waals surface area (Å²) >= 11 is 0. The molecular formula is C25H34O3Si. The van der Waals surface area contributed by atoms with Gasteiger partial charge in [-0.1, -0.05) is 87.5 Å². The lowest BCUT2D eigenvalue weighted by atomic mass is 10.1. The second-order valence-electron chi connectivity index (χ2n) is 9.21. The molecule has 2 atom stereocenters. The molecule has 0 saturated carbocycles. The molecule has 0 bridgehead atoms. The summed E-state index contributed by atoms with van der Waals surface area (Å²) in [4.78, 5) is 0. The van der Waals surface area contributed by atoms with Crippen LogP contribution in [0.5, 0.6) is 0 Å². The second kappa shape index (κ2) is 8.56. The van der Waals surface area contributed by atoms with Gasteiger partial charge in [-0.05, 0) is 35.7 Å². The highest BCUT2D eigenvalue weighted by Gasteiger charge is 2.53. The van der Waals surface area contributed by atoms with E-state index < -0.39 is 14.1 Å². The average molecular weight is 411 g/mol. The number of ether oxygens (including phenoxy) is 2. The minimum Gasteiger partial charge on any atom is -0.401 e. The predicted molar refractivity (Wildman–Crippen MR) is 122 cm³/mol. The second-order valence-corrected chi connectivity index (χ2v) is 13.5. The number of hydrogen-bond acceptors (Lipinski definition) is 3. The van der Waals surface area contributed by atoms with Crippen LogP contribution >= 0.6 is 0 Å². The van der Waals surface area contributed by atoms with Crippen molar-refractivity contribution in [1.82, 2.24) is 0 Å². The first-order valence-electron chi connectivity index (χ1n) is 10.4. The summed E-state index contributed by atoms with van der Waals surface area (Å²) in [7, 11) is -2.65. The van der Waals surface area contributed by atoms with Gasteiger partial charge in [0.15, 0.2) is 5.79 Å². The van der Waals surface area contributed by atoms with E-state index in [0.717, 1.165) is 0 Å². The first kappa shape index (κ1) is 22.0. The van der Waals surface area contributed by atoms with Crippen LogP contribution in [0.3, 0.4) is 0 Å². The lowest BCUT2D eigenvalue weighted by Gasteiger charge is -2.46. The van der Waals surface area contributed by atoms with Gasteiger partial charge in [-0.3, -0.25) is 0 Å². The Hall–Kier alpha value is -1.72. The van der Waals surface area contributed by atoms with E-state index in [9.17, 15) is 0 Å². The molecule has 156 valence electrons. The molecule has 0 spiro atoms. The zero-order valence-electron chi connectivity index (χ0n) is 18.4. The summed E-state index contributed by atoms with van der Waals surface area (Å²) in [5, 5.41) is 2.46. The Morgan fingerprint density at radius 1 is 1.07 bits per heavy atom. The highest BCUT2D eigenvalue weighted by atomic mass is 28.4. The van der Waals surface area contributed by atoms with Crippen LogP contribution in [0.25, 0.3) is 0 Å². The fourth-order valence-electron chi connectivity index (χ4n) is 4.26. The van der Waals surface area contributed by atoms with E-state index in [1.165, 1.54) is 10.4 Å². The Morgan fingerprint density at radius 2 is 1.59 bits per heavy atom. The topological polar surface area (TPSA) is 27.7 Å². The molecule has 0 aliphatic carbocycles. The highest BCUT2D eigenvalue weighted by Crippen LogP contribution is 2.39. The van der Waals surface area contributed by atoms with Crippen molar-refractivity contribution >= 4 is 18.7 Å². The molecule has 0 aromatic heterocycles. The van der Waals surface area contributed by atoms with E-state index in [1.54, 1.807) is 0 Å². The van der Waals surface area contributed by atoms with Crippen molar-refractivity contribution in [2.75, 3.05) is 6.61 Å². The minimum atomic E-state index is -2.65. The van der Waals surface area contributed by atoms with E-state index in [2.05, 4.69) is 88.0 Å². The van der Waals surface area contributed by atoms with Crippen LogP contribution in [0.2, 0.25) is 5.04 Å². The Bertz CT molecular complexity index is 756. The van der Waals surface area contributed by atoms with Crippen LogP contribution in [-0.4, -0.2) is 32.9 Å². The summed E-state index contributed by atoms with van der Waals surface area (Å²) in [5.74, 6) is -0.584. The van der Waals surface area contributed by atoms with Crippen molar-refractivity contribution in [3.63, 3.8) is 0 Å². The maximum Gasteiger partial charge on any atom is 0.261 e. The van der Waals surface area contributed by atoms with E-state index >= 15 is 0 Å². The van der Waals surface area contributed by atoms with Crippen LogP contribution < -0.4 is 10.4 Å². The van der Waals surface area contributed by atoms with Gasteiger partial charge in [-0.15, -0.1) is 6.58 Å². The average Bonchev–Trinajstić information content (AvgIpc) is 3.05. The minimum absolute atomic E-state index is 0.0793. The molecule has 2 aromatic rings. The SMILES string of the molecule is C=CCC(O[Si](c1ccccc1)(c1ccccc1)C(C)(C)C)[C@H]1COC(C)(C)O1. The summed E-state index contributed by atoms with van der Waals surface area (Å²) < 4.78 is 19.3. The van der Waals surface area contributed by atoms with Crippen LogP contribution in [0, 0.1) is 0 Å². The Balaban J connectivity index is 2.12. The molecule has 3 rings (SSSR count). The van der Waals surface area contributed by atoms with Gasteiger partial charge in [0.1, 0.15) is 6.10 Å². The summed E-state index contributed by atoms with van der Waals surface area (Å²) in [6.07, 6.45) is 2.40. The molecule has 0 radical (unpaired) electrons. The zero-order chi connectivity index (χ0) is 21.1. The summed E-state index contributed by atoms with van der Waals surface area (Å²) in [6, 6.07) is 21.4. The van der Waals surface area contributed by atoms with Gasteiger partial charge in [0, 0.05) is 0 Å². The van der Waals surface area contributed by atoms with Crippen molar-refractivity contribution in [2.45, 2.75) is 64.1 Å². The van der Waals surface area contributed by atoms with Crippen LogP contribution in [0.1, 0.15) is 41.0 Å². The van der Waals surface area contributed by atoms with Crippen molar-refractivity contribution in [1.29, 1.82) is 0 Å². The largest absolute Gasteiger partial charge is 0.401 e. The Labute approximate surface area is 176 Å². The Morgan fingerprint density at radius 3 is 1.97 bits per heavy atom. The van der Waals surface area contributed by atoms with Gasteiger partial charge in [0.05, 0.1) is 12.7 Å². The van der Waals surface area contributed by atoms with Crippen LogP contribution in [0.15, 0.2) is 73.3 Å². The van der Waals surface area contributed by atoms with Crippen molar-refractivity contribution in [3.05, 3.63) is 73.3 Å². The molecule has 0 N–H and O–H groups in total. The molecule has 3 nitrogen and oxygen atoms in total. The van der Waals surface area contributed by atoms with Gasteiger partial charge in [-0.25, -0.2) is 0 Å². The van der Waals surface area contributed by atoms with Crippen molar-refractivity contribution in [3.8, 4) is 0 Å².